The van der Waals surface area contributed by atoms with Crippen LogP contribution < -0.4 is 10.1 Å². The minimum absolute atomic E-state index is 0.270. The molecule has 0 radical (unpaired) electrons. The zero-order chi connectivity index (χ0) is 17.7. The summed E-state index contributed by atoms with van der Waals surface area (Å²) in [5, 5.41) is 12.8. The van der Waals surface area contributed by atoms with Crippen LogP contribution in [0.25, 0.3) is 5.76 Å². The van der Waals surface area contributed by atoms with Crippen molar-refractivity contribution in [2.45, 2.75) is 6.92 Å². The van der Waals surface area contributed by atoms with Gasteiger partial charge in [-0.1, -0.05) is 41.4 Å². The first-order chi connectivity index (χ1) is 11.4. The van der Waals surface area contributed by atoms with Crippen molar-refractivity contribution in [2.75, 3.05) is 12.4 Å². The van der Waals surface area contributed by atoms with Gasteiger partial charge in [-0.15, -0.1) is 0 Å². The van der Waals surface area contributed by atoms with Gasteiger partial charge in [0, 0.05) is 16.7 Å². The molecule has 6 heteroatoms. The summed E-state index contributed by atoms with van der Waals surface area (Å²) in [4.78, 5) is 24.0. The van der Waals surface area contributed by atoms with E-state index < -0.39 is 11.7 Å². The zero-order valence-electron chi connectivity index (χ0n) is 13.2. The van der Waals surface area contributed by atoms with Gasteiger partial charge in [-0.2, -0.15) is 0 Å². The Labute approximate surface area is 144 Å². The standard InChI is InChI=1S/C18H16ClNO4/c1-11-3-5-12(6-4-11)15(21)10-16(22)18(23)20-14-9-13(19)7-8-17(14)24-2/h3-10,21H,1-2H3,(H,20,23). The Kier molecular flexibility index (Phi) is 5.60. The normalized spacial score (nSPS) is 11.0. The first-order valence-electron chi connectivity index (χ1n) is 7.07. The minimum Gasteiger partial charge on any atom is -0.507 e. The van der Waals surface area contributed by atoms with Crippen molar-refractivity contribution in [3.05, 3.63) is 64.7 Å². The molecule has 0 heterocycles. The van der Waals surface area contributed by atoms with E-state index in [-0.39, 0.29) is 11.4 Å². The molecular formula is C18H16ClNO4. The van der Waals surface area contributed by atoms with Crippen molar-refractivity contribution in [1.29, 1.82) is 0 Å². The number of ketones is 1. The Balaban J connectivity index is 2.15. The number of aliphatic hydroxyl groups excluding tert-OH is 1. The lowest BCUT2D eigenvalue weighted by molar-refractivity contribution is -0.132. The zero-order valence-corrected chi connectivity index (χ0v) is 13.9. The predicted molar refractivity (Wildman–Crippen MR) is 93.4 cm³/mol. The Morgan fingerprint density at radius 2 is 1.83 bits per heavy atom. The number of aliphatic hydroxyl groups is 1. The summed E-state index contributed by atoms with van der Waals surface area (Å²) < 4.78 is 5.09. The van der Waals surface area contributed by atoms with E-state index in [0.29, 0.717) is 16.3 Å². The largest absolute Gasteiger partial charge is 0.507 e. The summed E-state index contributed by atoms with van der Waals surface area (Å²) in [5.74, 6) is -1.72. The molecule has 0 saturated carbocycles. The van der Waals surface area contributed by atoms with Crippen LogP contribution in [0.3, 0.4) is 0 Å². The number of carbonyl (C=O) groups is 2. The molecule has 2 rings (SSSR count). The number of aryl methyl sites for hydroxylation is 1. The highest BCUT2D eigenvalue weighted by Crippen LogP contribution is 2.27. The van der Waals surface area contributed by atoms with Gasteiger partial charge in [0.1, 0.15) is 11.5 Å². The van der Waals surface area contributed by atoms with Crippen LogP contribution in [0.1, 0.15) is 11.1 Å². The second kappa shape index (κ2) is 7.66. The fourth-order valence-electron chi connectivity index (χ4n) is 1.96. The molecule has 0 aromatic heterocycles. The molecule has 5 nitrogen and oxygen atoms in total. The van der Waals surface area contributed by atoms with Crippen LogP contribution in [0.2, 0.25) is 5.02 Å². The quantitative estimate of drug-likeness (QED) is 0.491. The Morgan fingerprint density at radius 3 is 2.46 bits per heavy atom. The summed E-state index contributed by atoms with van der Waals surface area (Å²) in [6.07, 6.45) is 0.872. The molecule has 0 aliphatic carbocycles. The Hall–Kier alpha value is -2.79. The smallest absolute Gasteiger partial charge is 0.296 e. The number of rotatable bonds is 5. The van der Waals surface area contributed by atoms with Gasteiger partial charge in [0.2, 0.25) is 5.78 Å². The number of hydrogen-bond acceptors (Lipinski definition) is 4. The van der Waals surface area contributed by atoms with Gasteiger partial charge in [-0.05, 0) is 25.1 Å². The number of carbonyl (C=O) groups excluding carboxylic acids is 2. The lowest BCUT2D eigenvalue weighted by atomic mass is 10.1. The van der Waals surface area contributed by atoms with Crippen LogP contribution in [0, 0.1) is 6.92 Å². The summed E-state index contributed by atoms with van der Waals surface area (Å²) in [7, 11) is 1.43. The number of hydrogen-bond donors (Lipinski definition) is 2. The maximum Gasteiger partial charge on any atom is 0.296 e. The van der Waals surface area contributed by atoms with Crippen LogP contribution in [0.5, 0.6) is 5.75 Å². The molecule has 0 bridgehead atoms. The van der Waals surface area contributed by atoms with Crippen molar-refractivity contribution in [3.63, 3.8) is 0 Å². The van der Waals surface area contributed by atoms with E-state index in [9.17, 15) is 14.7 Å². The third-order valence-electron chi connectivity index (χ3n) is 3.25. The minimum atomic E-state index is -0.908. The topological polar surface area (TPSA) is 75.6 Å². The number of amides is 1. The Bertz CT molecular complexity index is 797. The Morgan fingerprint density at radius 1 is 1.17 bits per heavy atom. The third-order valence-corrected chi connectivity index (χ3v) is 3.48. The van der Waals surface area contributed by atoms with Crippen LogP contribution in [0.4, 0.5) is 5.69 Å². The summed E-state index contributed by atoms with van der Waals surface area (Å²) in [5.41, 5.74) is 1.73. The molecule has 2 N–H and O–H groups in total. The lowest BCUT2D eigenvalue weighted by Gasteiger charge is -2.09. The molecular weight excluding hydrogens is 330 g/mol. The molecule has 0 aliphatic rings. The van der Waals surface area contributed by atoms with E-state index in [4.69, 9.17) is 16.3 Å². The van der Waals surface area contributed by atoms with Crippen LogP contribution in [0.15, 0.2) is 48.5 Å². The number of benzene rings is 2. The van der Waals surface area contributed by atoms with Crippen LogP contribution >= 0.6 is 11.6 Å². The highest BCUT2D eigenvalue weighted by molar-refractivity contribution is 6.45. The predicted octanol–water partition coefficient (Wildman–Crippen LogP) is 3.76. The van der Waals surface area contributed by atoms with E-state index in [1.165, 1.54) is 13.2 Å². The highest BCUT2D eigenvalue weighted by Gasteiger charge is 2.15. The van der Waals surface area contributed by atoms with Gasteiger partial charge < -0.3 is 15.2 Å². The summed E-state index contributed by atoms with van der Waals surface area (Å²) >= 11 is 5.87. The van der Waals surface area contributed by atoms with Crippen molar-refractivity contribution in [2.24, 2.45) is 0 Å². The fourth-order valence-corrected chi connectivity index (χ4v) is 2.13. The lowest BCUT2D eigenvalue weighted by Crippen LogP contribution is -2.21. The molecule has 0 fully saturated rings. The van der Waals surface area contributed by atoms with Gasteiger partial charge in [0.05, 0.1) is 12.8 Å². The van der Waals surface area contributed by atoms with Gasteiger partial charge in [0.15, 0.2) is 0 Å². The fraction of sp³-hybridized carbons (Fsp3) is 0.111. The van der Waals surface area contributed by atoms with Gasteiger partial charge in [-0.3, -0.25) is 9.59 Å². The van der Waals surface area contributed by atoms with E-state index in [0.717, 1.165) is 11.6 Å². The molecule has 0 atom stereocenters. The van der Waals surface area contributed by atoms with Crippen molar-refractivity contribution in [3.8, 4) is 5.75 Å². The number of halogens is 1. The maximum absolute atomic E-state index is 12.0. The van der Waals surface area contributed by atoms with E-state index in [1.54, 1.807) is 36.4 Å². The van der Waals surface area contributed by atoms with Crippen LogP contribution in [-0.4, -0.2) is 23.9 Å². The van der Waals surface area contributed by atoms with Gasteiger partial charge in [-0.25, -0.2) is 0 Å². The average Bonchev–Trinajstić information content (AvgIpc) is 2.55. The average molecular weight is 346 g/mol. The number of nitrogens with one attached hydrogen (secondary N) is 1. The monoisotopic (exact) mass is 345 g/mol. The second-order valence-electron chi connectivity index (χ2n) is 5.06. The molecule has 0 spiro atoms. The first-order valence-corrected chi connectivity index (χ1v) is 7.45. The maximum atomic E-state index is 12.0. The third kappa shape index (κ3) is 4.36. The van der Waals surface area contributed by atoms with Crippen molar-refractivity contribution in [1.82, 2.24) is 0 Å². The van der Waals surface area contributed by atoms with E-state index in [2.05, 4.69) is 5.32 Å². The summed E-state index contributed by atoms with van der Waals surface area (Å²) in [6, 6.07) is 11.5. The van der Waals surface area contributed by atoms with Gasteiger partial charge in [0.25, 0.3) is 5.91 Å². The molecule has 0 aliphatic heterocycles. The molecule has 0 saturated heterocycles. The van der Waals surface area contributed by atoms with Crippen LogP contribution in [-0.2, 0) is 9.59 Å². The molecule has 2 aromatic rings. The molecule has 0 unspecified atom stereocenters. The van der Waals surface area contributed by atoms with Gasteiger partial charge >= 0.3 is 0 Å². The van der Waals surface area contributed by atoms with Crippen molar-refractivity contribution < 1.29 is 19.4 Å². The number of methoxy groups -OCH3 is 1. The molecule has 24 heavy (non-hydrogen) atoms. The van der Waals surface area contributed by atoms with E-state index >= 15 is 0 Å². The first kappa shape index (κ1) is 17.6. The molecule has 2 aromatic carbocycles. The second-order valence-corrected chi connectivity index (χ2v) is 5.50. The summed E-state index contributed by atoms with van der Waals surface area (Å²) in [6.45, 7) is 1.90. The molecule has 1 amide bonds. The number of anilines is 1. The SMILES string of the molecule is COc1ccc(Cl)cc1NC(=O)C(=O)C=C(O)c1ccc(C)cc1. The van der Waals surface area contributed by atoms with Crippen molar-refractivity contribution >= 4 is 34.7 Å². The number of ether oxygens (including phenoxy) is 1. The molecule has 124 valence electrons. The highest BCUT2D eigenvalue weighted by atomic mass is 35.5. The van der Waals surface area contributed by atoms with E-state index in [1.807, 2.05) is 6.92 Å².